The zero-order valence-electron chi connectivity index (χ0n) is 11.1. The standard InChI is InChI=1S/C14H17N3O2/c1-9-3-4-11(10(2)7-9)8-15-14(19)12-5-6-13(18)17-16-12/h3-4,7H,5-6,8H2,1-2H3,(H,15,19)(H,17,18). The topological polar surface area (TPSA) is 70.6 Å². The molecule has 0 radical (unpaired) electrons. The van der Waals surface area contributed by atoms with Gasteiger partial charge in [0.05, 0.1) is 0 Å². The van der Waals surface area contributed by atoms with Gasteiger partial charge in [0.1, 0.15) is 5.71 Å². The summed E-state index contributed by atoms with van der Waals surface area (Å²) in [6.45, 7) is 4.53. The van der Waals surface area contributed by atoms with Gasteiger partial charge in [0, 0.05) is 19.4 Å². The Morgan fingerprint density at radius 2 is 2.16 bits per heavy atom. The maximum Gasteiger partial charge on any atom is 0.267 e. The van der Waals surface area contributed by atoms with E-state index >= 15 is 0 Å². The fourth-order valence-electron chi connectivity index (χ4n) is 1.96. The van der Waals surface area contributed by atoms with Crippen molar-refractivity contribution >= 4 is 17.5 Å². The van der Waals surface area contributed by atoms with Crippen LogP contribution in [0.25, 0.3) is 0 Å². The largest absolute Gasteiger partial charge is 0.347 e. The average Bonchev–Trinajstić information content (AvgIpc) is 2.38. The first-order valence-corrected chi connectivity index (χ1v) is 6.26. The molecular formula is C14H17N3O2. The SMILES string of the molecule is Cc1ccc(CNC(=O)C2=NNC(=O)CC2)c(C)c1. The van der Waals surface area contributed by atoms with Gasteiger partial charge in [-0.2, -0.15) is 5.10 Å². The van der Waals surface area contributed by atoms with E-state index in [1.54, 1.807) is 0 Å². The van der Waals surface area contributed by atoms with Crippen molar-refractivity contribution in [2.24, 2.45) is 5.10 Å². The third kappa shape index (κ3) is 3.40. The summed E-state index contributed by atoms with van der Waals surface area (Å²) in [6, 6.07) is 6.11. The minimum Gasteiger partial charge on any atom is -0.347 e. The molecule has 0 unspecified atom stereocenters. The molecule has 0 saturated heterocycles. The van der Waals surface area contributed by atoms with E-state index in [1.807, 2.05) is 26.0 Å². The lowest BCUT2D eigenvalue weighted by molar-refractivity contribution is -0.121. The molecule has 100 valence electrons. The van der Waals surface area contributed by atoms with Gasteiger partial charge in [-0.25, -0.2) is 5.43 Å². The maximum absolute atomic E-state index is 11.9. The molecule has 1 aromatic carbocycles. The van der Waals surface area contributed by atoms with Crippen molar-refractivity contribution < 1.29 is 9.59 Å². The molecule has 1 aliphatic rings. The minimum absolute atomic E-state index is 0.147. The van der Waals surface area contributed by atoms with Gasteiger partial charge in [-0.3, -0.25) is 9.59 Å². The predicted molar refractivity (Wildman–Crippen MR) is 72.6 cm³/mol. The second-order valence-corrected chi connectivity index (χ2v) is 4.71. The van der Waals surface area contributed by atoms with Gasteiger partial charge in [0.2, 0.25) is 5.91 Å². The molecule has 1 aliphatic heterocycles. The molecule has 5 heteroatoms. The van der Waals surface area contributed by atoms with Gasteiger partial charge in [0.15, 0.2) is 0 Å². The van der Waals surface area contributed by atoms with Crippen LogP contribution in [0.3, 0.4) is 0 Å². The Morgan fingerprint density at radius 1 is 1.37 bits per heavy atom. The molecule has 0 fully saturated rings. The molecule has 0 saturated carbocycles. The predicted octanol–water partition coefficient (Wildman–Crippen LogP) is 1.19. The van der Waals surface area contributed by atoms with E-state index in [-0.39, 0.29) is 11.8 Å². The molecule has 0 atom stereocenters. The summed E-state index contributed by atoms with van der Waals surface area (Å²) < 4.78 is 0. The molecule has 1 aromatic rings. The number of hydrogen-bond acceptors (Lipinski definition) is 3. The Bertz CT molecular complexity index is 550. The molecule has 19 heavy (non-hydrogen) atoms. The Hall–Kier alpha value is -2.17. The highest BCUT2D eigenvalue weighted by atomic mass is 16.2. The van der Waals surface area contributed by atoms with E-state index in [1.165, 1.54) is 5.56 Å². The Balaban J connectivity index is 1.95. The number of aryl methyl sites for hydroxylation is 2. The number of carbonyl (C=O) groups excluding carboxylic acids is 2. The molecule has 5 nitrogen and oxygen atoms in total. The molecule has 0 aliphatic carbocycles. The number of nitrogens with zero attached hydrogens (tertiary/aromatic N) is 1. The van der Waals surface area contributed by atoms with Crippen LogP contribution in [0, 0.1) is 13.8 Å². The number of rotatable bonds is 3. The molecule has 0 spiro atoms. The van der Waals surface area contributed by atoms with Gasteiger partial charge < -0.3 is 5.32 Å². The van der Waals surface area contributed by atoms with Gasteiger partial charge in [-0.1, -0.05) is 23.8 Å². The Morgan fingerprint density at radius 3 is 2.79 bits per heavy atom. The fourth-order valence-corrected chi connectivity index (χ4v) is 1.96. The first-order valence-electron chi connectivity index (χ1n) is 6.26. The van der Waals surface area contributed by atoms with E-state index in [0.717, 1.165) is 11.1 Å². The van der Waals surface area contributed by atoms with Crippen LogP contribution in [0.4, 0.5) is 0 Å². The Labute approximate surface area is 112 Å². The molecule has 2 amide bonds. The van der Waals surface area contributed by atoms with Crippen LogP contribution in [-0.4, -0.2) is 17.5 Å². The summed E-state index contributed by atoms with van der Waals surface area (Å²) in [5.74, 6) is -0.370. The van der Waals surface area contributed by atoms with Crippen molar-refractivity contribution in [1.82, 2.24) is 10.7 Å². The van der Waals surface area contributed by atoms with Crippen LogP contribution >= 0.6 is 0 Å². The van der Waals surface area contributed by atoms with Crippen LogP contribution in [0.1, 0.15) is 29.5 Å². The Kier molecular flexibility index (Phi) is 3.94. The van der Waals surface area contributed by atoms with Gasteiger partial charge in [0.25, 0.3) is 5.91 Å². The van der Waals surface area contributed by atoms with Crippen molar-refractivity contribution in [2.75, 3.05) is 0 Å². The zero-order valence-corrected chi connectivity index (χ0v) is 11.1. The van der Waals surface area contributed by atoms with Gasteiger partial charge in [-0.15, -0.1) is 0 Å². The van der Waals surface area contributed by atoms with Crippen LogP contribution in [0.5, 0.6) is 0 Å². The van der Waals surface area contributed by atoms with Crippen molar-refractivity contribution in [2.45, 2.75) is 33.2 Å². The molecule has 2 N–H and O–H groups in total. The molecular weight excluding hydrogens is 242 g/mol. The molecule has 0 bridgehead atoms. The van der Waals surface area contributed by atoms with E-state index in [0.29, 0.717) is 25.1 Å². The summed E-state index contributed by atoms with van der Waals surface area (Å²) in [7, 11) is 0. The lowest BCUT2D eigenvalue weighted by Crippen LogP contribution is -2.36. The summed E-state index contributed by atoms with van der Waals surface area (Å²) in [4.78, 5) is 22.8. The van der Waals surface area contributed by atoms with E-state index < -0.39 is 0 Å². The van der Waals surface area contributed by atoms with Crippen molar-refractivity contribution in [3.8, 4) is 0 Å². The second kappa shape index (κ2) is 5.65. The van der Waals surface area contributed by atoms with Gasteiger partial charge >= 0.3 is 0 Å². The zero-order chi connectivity index (χ0) is 13.8. The first kappa shape index (κ1) is 13.3. The lowest BCUT2D eigenvalue weighted by Gasteiger charge is -2.13. The van der Waals surface area contributed by atoms with E-state index in [9.17, 15) is 9.59 Å². The third-order valence-electron chi connectivity index (χ3n) is 3.10. The van der Waals surface area contributed by atoms with Crippen LogP contribution < -0.4 is 10.7 Å². The van der Waals surface area contributed by atoms with E-state index in [4.69, 9.17) is 0 Å². The molecule has 2 rings (SSSR count). The highest BCUT2D eigenvalue weighted by Crippen LogP contribution is 2.10. The summed E-state index contributed by atoms with van der Waals surface area (Å²) in [5, 5.41) is 6.59. The number of benzene rings is 1. The van der Waals surface area contributed by atoms with E-state index in [2.05, 4.69) is 21.9 Å². The van der Waals surface area contributed by atoms with Crippen LogP contribution in [0.2, 0.25) is 0 Å². The van der Waals surface area contributed by atoms with Crippen molar-refractivity contribution in [3.05, 3.63) is 34.9 Å². The fraction of sp³-hybridized carbons (Fsp3) is 0.357. The number of amides is 2. The quantitative estimate of drug-likeness (QED) is 0.856. The monoisotopic (exact) mass is 259 g/mol. The number of hydrogen-bond donors (Lipinski definition) is 2. The van der Waals surface area contributed by atoms with Crippen LogP contribution in [0.15, 0.2) is 23.3 Å². The molecule has 1 heterocycles. The summed E-state index contributed by atoms with van der Waals surface area (Å²) in [6.07, 6.45) is 0.709. The van der Waals surface area contributed by atoms with Gasteiger partial charge in [-0.05, 0) is 25.0 Å². The number of nitrogens with one attached hydrogen (secondary N) is 2. The third-order valence-corrected chi connectivity index (χ3v) is 3.10. The van der Waals surface area contributed by atoms with Crippen LogP contribution in [-0.2, 0) is 16.1 Å². The average molecular weight is 259 g/mol. The smallest absolute Gasteiger partial charge is 0.267 e. The maximum atomic E-state index is 11.9. The van der Waals surface area contributed by atoms with Crippen molar-refractivity contribution in [1.29, 1.82) is 0 Å². The normalized spacial score (nSPS) is 14.6. The molecule has 0 aromatic heterocycles. The van der Waals surface area contributed by atoms with Crippen molar-refractivity contribution in [3.63, 3.8) is 0 Å². The highest BCUT2D eigenvalue weighted by Gasteiger charge is 2.17. The summed E-state index contributed by atoms with van der Waals surface area (Å²) >= 11 is 0. The number of hydrazone groups is 1. The summed E-state index contributed by atoms with van der Waals surface area (Å²) in [5.41, 5.74) is 6.13. The second-order valence-electron chi connectivity index (χ2n) is 4.71. The lowest BCUT2D eigenvalue weighted by atomic mass is 10.1. The first-order chi connectivity index (χ1) is 9.06. The number of carbonyl (C=O) groups is 2. The minimum atomic E-state index is -0.222. The highest BCUT2D eigenvalue weighted by molar-refractivity contribution is 6.39.